The monoisotopic (exact) mass is 322 g/mol. The van der Waals surface area contributed by atoms with Crippen LogP contribution in [0.5, 0.6) is 11.5 Å². The topological polar surface area (TPSA) is 54.3 Å². The summed E-state index contributed by atoms with van der Waals surface area (Å²) in [6, 6.07) is 14.3. The van der Waals surface area contributed by atoms with E-state index in [4.69, 9.17) is 10.00 Å². The SMILES string of the molecule is N#Cc1ccc(OCCNc2ccccc2OC(F)(F)F)cc1. The van der Waals surface area contributed by atoms with Gasteiger partial charge in [-0.2, -0.15) is 5.26 Å². The Bertz CT molecular complexity index is 679. The maximum atomic E-state index is 12.3. The van der Waals surface area contributed by atoms with Gasteiger partial charge in [0.1, 0.15) is 12.4 Å². The van der Waals surface area contributed by atoms with Gasteiger partial charge < -0.3 is 14.8 Å². The summed E-state index contributed by atoms with van der Waals surface area (Å²) in [5.74, 6) is 0.281. The number of nitrogens with one attached hydrogen (secondary N) is 1. The summed E-state index contributed by atoms with van der Waals surface area (Å²) in [5, 5.41) is 11.5. The molecule has 0 bridgehead atoms. The second kappa shape index (κ2) is 7.40. The van der Waals surface area contributed by atoms with E-state index in [0.717, 1.165) is 0 Å². The van der Waals surface area contributed by atoms with Crippen LogP contribution >= 0.6 is 0 Å². The Kier molecular flexibility index (Phi) is 5.31. The molecule has 0 aromatic heterocycles. The summed E-state index contributed by atoms with van der Waals surface area (Å²) >= 11 is 0. The normalized spacial score (nSPS) is 10.7. The summed E-state index contributed by atoms with van der Waals surface area (Å²) in [6.45, 7) is 0.532. The predicted octanol–water partition coefficient (Wildman–Crippen LogP) is 3.95. The van der Waals surface area contributed by atoms with E-state index in [9.17, 15) is 13.2 Å². The van der Waals surface area contributed by atoms with E-state index in [1.54, 1.807) is 30.3 Å². The van der Waals surface area contributed by atoms with E-state index in [1.165, 1.54) is 18.2 Å². The average Bonchev–Trinajstić information content (AvgIpc) is 2.52. The minimum absolute atomic E-state index is 0.230. The zero-order valence-corrected chi connectivity index (χ0v) is 11.9. The van der Waals surface area contributed by atoms with Crippen LogP contribution in [0.4, 0.5) is 18.9 Å². The van der Waals surface area contributed by atoms with Gasteiger partial charge >= 0.3 is 6.36 Å². The Morgan fingerprint density at radius 2 is 1.74 bits per heavy atom. The number of hydrogen-bond acceptors (Lipinski definition) is 4. The maximum absolute atomic E-state index is 12.3. The molecule has 2 aromatic carbocycles. The molecule has 1 N–H and O–H groups in total. The molecular weight excluding hydrogens is 309 g/mol. The molecule has 0 heterocycles. The molecule has 23 heavy (non-hydrogen) atoms. The summed E-state index contributed by atoms with van der Waals surface area (Å²) < 4.78 is 46.3. The zero-order chi connectivity index (χ0) is 16.7. The maximum Gasteiger partial charge on any atom is 0.573 e. The standard InChI is InChI=1S/C16H13F3N2O2/c17-16(18,19)23-15-4-2-1-3-14(15)21-9-10-22-13-7-5-12(11-20)6-8-13/h1-8,21H,9-10H2. The van der Waals surface area contributed by atoms with Crippen molar-refractivity contribution in [2.75, 3.05) is 18.5 Å². The van der Waals surface area contributed by atoms with Crippen molar-refractivity contribution in [1.82, 2.24) is 0 Å². The van der Waals surface area contributed by atoms with E-state index in [-0.39, 0.29) is 24.6 Å². The van der Waals surface area contributed by atoms with Crippen molar-refractivity contribution >= 4 is 5.69 Å². The molecule has 2 aromatic rings. The highest BCUT2D eigenvalue weighted by Crippen LogP contribution is 2.29. The minimum atomic E-state index is -4.74. The first-order valence-corrected chi connectivity index (χ1v) is 6.69. The highest BCUT2D eigenvalue weighted by atomic mass is 19.4. The quantitative estimate of drug-likeness (QED) is 0.818. The van der Waals surface area contributed by atoms with Crippen molar-refractivity contribution in [3.05, 3.63) is 54.1 Å². The lowest BCUT2D eigenvalue weighted by Gasteiger charge is -2.14. The molecule has 7 heteroatoms. The van der Waals surface area contributed by atoms with Gasteiger partial charge in [-0.1, -0.05) is 12.1 Å². The van der Waals surface area contributed by atoms with Gasteiger partial charge in [-0.25, -0.2) is 0 Å². The summed E-state index contributed by atoms with van der Waals surface area (Å²) in [4.78, 5) is 0. The Labute approximate surface area is 131 Å². The Morgan fingerprint density at radius 1 is 1.04 bits per heavy atom. The molecule has 0 saturated carbocycles. The third kappa shape index (κ3) is 5.43. The van der Waals surface area contributed by atoms with E-state index in [2.05, 4.69) is 10.1 Å². The number of rotatable bonds is 6. The van der Waals surface area contributed by atoms with Crippen molar-refractivity contribution in [3.63, 3.8) is 0 Å². The number of anilines is 1. The van der Waals surface area contributed by atoms with Crippen molar-refractivity contribution in [1.29, 1.82) is 5.26 Å². The first-order valence-electron chi connectivity index (χ1n) is 6.69. The van der Waals surface area contributed by atoms with Crippen molar-refractivity contribution < 1.29 is 22.6 Å². The van der Waals surface area contributed by atoms with Crippen LogP contribution in [0.25, 0.3) is 0 Å². The molecule has 0 aliphatic heterocycles. The number of ether oxygens (including phenoxy) is 2. The van der Waals surface area contributed by atoms with Gasteiger partial charge in [0.2, 0.25) is 0 Å². The fraction of sp³-hybridized carbons (Fsp3) is 0.188. The lowest BCUT2D eigenvalue weighted by molar-refractivity contribution is -0.274. The van der Waals surface area contributed by atoms with Crippen LogP contribution in [0.1, 0.15) is 5.56 Å². The average molecular weight is 322 g/mol. The second-order valence-corrected chi connectivity index (χ2v) is 4.46. The number of nitrogens with zero attached hydrogens (tertiary/aromatic N) is 1. The van der Waals surface area contributed by atoms with Crippen LogP contribution in [0.15, 0.2) is 48.5 Å². The van der Waals surface area contributed by atoms with Crippen LogP contribution in [0, 0.1) is 11.3 Å². The van der Waals surface area contributed by atoms with Gasteiger partial charge in [0.05, 0.1) is 17.3 Å². The number of halogens is 3. The van der Waals surface area contributed by atoms with Crippen molar-refractivity contribution in [3.8, 4) is 17.6 Å². The fourth-order valence-corrected chi connectivity index (χ4v) is 1.81. The molecule has 0 radical (unpaired) electrons. The van der Waals surface area contributed by atoms with Crippen LogP contribution in [0.2, 0.25) is 0 Å². The third-order valence-electron chi connectivity index (χ3n) is 2.78. The molecule has 0 aliphatic rings. The predicted molar refractivity (Wildman–Crippen MR) is 78.3 cm³/mol. The molecule has 0 atom stereocenters. The number of benzene rings is 2. The molecule has 0 spiro atoms. The summed E-state index contributed by atoms with van der Waals surface area (Å²) in [7, 11) is 0. The van der Waals surface area contributed by atoms with Gasteiger partial charge in [-0.05, 0) is 36.4 Å². The second-order valence-electron chi connectivity index (χ2n) is 4.46. The zero-order valence-electron chi connectivity index (χ0n) is 11.9. The highest BCUT2D eigenvalue weighted by Gasteiger charge is 2.31. The molecular formula is C16H13F3N2O2. The number of alkyl halides is 3. The van der Waals surface area contributed by atoms with Crippen LogP contribution in [-0.2, 0) is 0 Å². The first-order chi connectivity index (χ1) is 11.0. The van der Waals surface area contributed by atoms with Gasteiger partial charge in [0.15, 0.2) is 5.75 Å². The van der Waals surface area contributed by atoms with Crippen molar-refractivity contribution in [2.45, 2.75) is 6.36 Å². The van der Waals surface area contributed by atoms with E-state index in [0.29, 0.717) is 11.3 Å². The van der Waals surface area contributed by atoms with Crippen LogP contribution in [-0.4, -0.2) is 19.5 Å². The van der Waals surface area contributed by atoms with Gasteiger partial charge in [0, 0.05) is 6.54 Å². The lowest BCUT2D eigenvalue weighted by Crippen LogP contribution is -2.19. The Morgan fingerprint density at radius 3 is 2.39 bits per heavy atom. The summed E-state index contributed by atoms with van der Waals surface area (Å²) in [5.41, 5.74) is 0.752. The Hall–Kier alpha value is -2.88. The molecule has 0 saturated heterocycles. The number of hydrogen-bond donors (Lipinski definition) is 1. The molecule has 4 nitrogen and oxygen atoms in total. The molecule has 120 valence electrons. The summed E-state index contributed by atoms with van der Waals surface area (Å²) in [6.07, 6.45) is -4.74. The van der Waals surface area contributed by atoms with E-state index < -0.39 is 6.36 Å². The van der Waals surface area contributed by atoms with E-state index in [1.807, 2.05) is 6.07 Å². The van der Waals surface area contributed by atoms with Crippen molar-refractivity contribution in [2.24, 2.45) is 0 Å². The largest absolute Gasteiger partial charge is 0.573 e. The smallest absolute Gasteiger partial charge is 0.492 e. The number of para-hydroxylation sites is 2. The molecule has 0 unspecified atom stereocenters. The highest BCUT2D eigenvalue weighted by molar-refractivity contribution is 5.56. The molecule has 0 amide bonds. The molecule has 0 aliphatic carbocycles. The fourth-order valence-electron chi connectivity index (χ4n) is 1.81. The van der Waals surface area contributed by atoms with Gasteiger partial charge in [-0.3, -0.25) is 0 Å². The third-order valence-corrected chi connectivity index (χ3v) is 2.78. The number of nitriles is 1. The van der Waals surface area contributed by atoms with E-state index >= 15 is 0 Å². The van der Waals surface area contributed by atoms with Crippen LogP contribution < -0.4 is 14.8 Å². The van der Waals surface area contributed by atoms with Crippen LogP contribution in [0.3, 0.4) is 0 Å². The first kappa shape index (κ1) is 16.5. The van der Waals surface area contributed by atoms with Gasteiger partial charge in [-0.15, -0.1) is 13.2 Å². The Balaban J connectivity index is 1.85. The molecule has 2 rings (SSSR count). The lowest BCUT2D eigenvalue weighted by atomic mass is 10.2. The van der Waals surface area contributed by atoms with Gasteiger partial charge in [0.25, 0.3) is 0 Å². The molecule has 0 fully saturated rings. The minimum Gasteiger partial charge on any atom is -0.492 e.